The van der Waals surface area contributed by atoms with Crippen molar-refractivity contribution in [3.8, 4) is 0 Å². The van der Waals surface area contributed by atoms with Gasteiger partial charge in [0.25, 0.3) is 0 Å². The van der Waals surface area contributed by atoms with Gasteiger partial charge in [-0.15, -0.1) is 0 Å². The maximum atomic E-state index is 12.6. The van der Waals surface area contributed by atoms with Crippen LogP contribution < -0.4 is 0 Å². The normalized spacial score (nSPS) is 19.0. The number of aromatic nitrogens is 2. The lowest BCUT2D eigenvalue weighted by Crippen LogP contribution is -2.28. The molecule has 5 nitrogen and oxygen atoms in total. The van der Waals surface area contributed by atoms with Crippen LogP contribution in [0, 0.1) is 0 Å². The number of rotatable bonds is 7. The summed E-state index contributed by atoms with van der Waals surface area (Å²) in [6.45, 7) is 5.21. The number of sulfone groups is 1. The first-order chi connectivity index (χ1) is 11.6. The molecule has 0 radical (unpaired) electrons. The van der Waals surface area contributed by atoms with Gasteiger partial charge in [-0.2, -0.15) is 5.10 Å². The summed E-state index contributed by atoms with van der Waals surface area (Å²) in [6, 6.07) is 11.5. The quantitative estimate of drug-likeness (QED) is 0.772. The van der Waals surface area contributed by atoms with Crippen LogP contribution in [0.1, 0.15) is 31.0 Å². The molecule has 1 atom stereocenters. The highest BCUT2D eigenvalue weighted by molar-refractivity contribution is 7.91. The molecule has 2 heterocycles. The van der Waals surface area contributed by atoms with E-state index in [1.54, 1.807) is 0 Å². The average Bonchev–Trinajstić information content (AvgIpc) is 3.19. The van der Waals surface area contributed by atoms with E-state index in [0.29, 0.717) is 13.0 Å². The standard InChI is InChI=1S/C18H25N3O2S/c1-2-10-21-12-8-17(19-21)13-20-11-9-18(14-20)24(22,23)15-16-6-4-3-5-7-16/h3-8,12,18H,2,9-11,13-15H2,1H3. The second kappa shape index (κ2) is 7.49. The lowest BCUT2D eigenvalue weighted by Gasteiger charge is -2.15. The zero-order valence-electron chi connectivity index (χ0n) is 14.1. The molecule has 0 saturated carbocycles. The maximum absolute atomic E-state index is 12.6. The zero-order valence-corrected chi connectivity index (χ0v) is 15.0. The summed E-state index contributed by atoms with van der Waals surface area (Å²) in [4.78, 5) is 2.20. The Labute approximate surface area is 144 Å². The Balaban J connectivity index is 1.58. The number of aryl methyl sites for hydroxylation is 1. The number of likely N-dealkylation sites (tertiary alicyclic amines) is 1. The number of hydrogen-bond acceptors (Lipinski definition) is 4. The topological polar surface area (TPSA) is 55.2 Å². The minimum Gasteiger partial charge on any atom is -0.296 e. The minimum absolute atomic E-state index is 0.136. The van der Waals surface area contributed by atoms with Crippen molar-refractivity contribution in [1.29, 1.82) is 0 Å². The Hall–Kier alpha value is -1.66. The van der Waals surface area contributed by atoms with Crippen molar-refractivity contribution in [2.45, 2.75) is 43.9 Å². The molecular weight excluding hydrogens is 322 g/mol. The van der Waals surface area contributed by atoms with E-state index in [0.717, 1.165) is 37.3 Å². The lowest BCUT2D eigenvalue weighted by molar-refractivity contribution is 0.325. The van der Waals surface area contributed by atoms with Gasteiger partial charge in [0.1, 0.15) is 0 Å². The predicted molar refractivity (Wildman–Crippen MR) is 95.3 cm³/mol. The van der Waals surface area contributed by atoms with Gasteiger partial charge in [0.15, 0.2) is 9.84 Å². The first kappa shape index (κ1) is 17.2. The van der Waals surface area contributed by atoms with E-state index in [1.165, 1.54) is 0 Å². The summed E-state index contributed by atoms with van der Waals surface area (Å²) in [7, 11) is -3.11. The first-order valence-electron chi connectivity index (χ1n) is 8.57. The monoisotopic (exact) mass is 347 g/mol. The van der Waals surface area contributed by atoms with Gasteiger partial charge in [-0.25, -0.2) is 8.42 Å². The molecule has 6 heteroatoms. The van der Waals surface area contributed by atoms with Gasteiger partial charge < -0.3 is 0 Å². The van der Waals surface area contributed by atoms with Crippen LogP contribution in [-0.2, 0) is 28.7 Å². The van der Waals surface area contributed by atoms with Crippen molar-refractivity contribution in [2.24, 2.45) is 0 Å². The van der Waals surface area contributed by atoms with Crippen LogP contribution in [0.3, 0.4) is 0 Å². The van der Waals surface area contributed by atoms with Crippen molar-refractivity contribution in [1.82, 2.24) is 14.7 Å². The fourth-order valence-electron chi connectivity index (χ4n) is 3.23. The summed E-state index contributed by atoms with van der Waals surface area (Å²) in [5.41, 5.74) is 1.89. The molecule has 1 aromatic carbocycles. The van der Waals surface area contributed by atoms with Gasteiger partial charge in [0, 0.05) is 25.8 Å². The molecule has 1 unspecified atom stereocenters. The molecule has 1 aliphatic rings. The molecule has 3 rings (SSSR count). The van der Waals surface area contributed by atoms with E-state index in [4.69, 9.17) is 0 Å². The number of hydrogen-bond donors (Lipinski definition) is 0. The van der Waals surface area contributed by atoms with Crippen LogP contribution in [0.25, 0.3) is 0 Å². The third kappa shape index (κ3) is 4.24. The van der Waals surface area contributed by atoms with Gasteiger partial charge in [-0.05, 0) is 31.0 Å². The largest absolute Gasteiger partial charge is 0.296 e. The van der Waals surface area contributed by atoms with Crippen molar-refractivity contribution in [3.05, 3.63) is 53.9 Å². The van der Waals surface area contributed by atoms with Crippen molar-refractivity contribution in [2.75, 3.05) is 13.1 Å². The second-order valence-corrected chi connectivity index (χ2v) is 8.79. The summed E-state index contributed by atoms with van der Waals surface area (Å²) in [6.07, 6.45) is 3.77. The van der Waals surface area contributed by atoms with Gasteiger partial charge in [0.2, 0.25) is 0 Å². The van der Waals surface area contributed by atoms with Crippen molar-refractivity contribution < 1.29 is 8.42 Å². The van der Waals surface area contributed by atoms with Crippen LogP contribution in [0.4, 0.5) is 0 Å². The van der Waals surface area contributed by atoms with Crippen LogP contribution in [0.2, 0.25) is 0 Å². The molecule has 2 aromatic rings. The lowest BCUT2D eigenvalue weighted by atomic mass is 10.2. The molecule has 0 bridgehead atoms. The SMILES string of the molecule is CCCn1ccc(CN2CCC(S(=O)(=O)Cc3ccccc3)C2)n1. The highest BCUT2D eigenvalue weighted by atomic mass is 32.2. The molecule has 1 aliphatic heterocycles. The summed E-state index contributed by atoms with van der Waals surface area (Å²) in [5.74, 6) is 0.136. The fourth-order valence-corrected chi connectivity index (χ4v) is 5.02. The van der Waals surface area contributed by atoms with Gasteiger partial charge in [-0.1, -0.05) is 37.3 Å². The Morgan fingerprint density at radius 2 is 2.00 bits per heavy atom. The number of benzene rings is 1. The molecule has 130 valence electrons. The zero-order chi connectivity index (χ0) is 17.0. The maximum Gasteiger partial charge on any atom is 0.158 e. The number of nitrogens with zero attached hydrogens (tertiary/aromatic N) is 3. The van der Waals surface area contributed by atoms with Gasteiger partial charge in [-0.3, -0.25) is 9.58 Å². The molecule has 24 heavy (non-hydrogen) atoms. The second-order valence-electron chi connectivity index (χ2n) is 6.51. The minimum atomic E-state index is -3.11. The van der Waals surface area contributed by atoms with Crippen LogP contribution in [-0.4, -0.2) is 41.4 Å². The first-order valence-corrected chi connectivity index (χ1v) is 10.3. The Kier molecular flexibility index (Phi) is 5.36. The van der Waals surface area contributed by atoms with E-state index in [-0.39, 0.29) is 11.0 Å². The molecular formula is C18H25N3O2S. The highest BCUT2D eigenvalue weighted by Crippen LogP contribution is 2.22. The van der Waals surface area contributed by atoms with Crippen molar-refractivity contribution >= 4 is 9.84 Å². The predicted octanol–water partition coefficient (Wildman–Crippen LogP) is 2.48. The van der Waals surface area contributed by atoms with Crippen molar-refractivity contribution in [3.63, 3.8) is 0 Å². The third-order valence-corrected chi connectivity index (χ3v) is 6.62. The van der Waals surface area contributed by atoms with Gasteiger partial charge >= 0.3 is 0 Å². The third-order valence-electron chi connectivity index (χ3n) is 4.48. The van der Waals surface area contributed by atoms with Crippen LogP contribution in [0.5, 0.6) is 0 Å². The van der Waals surface area contributed by atoms with E-state index < -0.39 is 9.84 Å². The molecule has 0 aliphatic carbocycles. The summed E-state index contributed by atoms with van der Waals surface area (Å²) >= 11 is 0. The molecule has 1 saturated heterocycles. The molecule has 0 amide bonds. The Morgan fingerprint density at radius 3 is 2.75 bits per heavy atom. The highest BCUT2D eigenvalue weighted by Gasteiger charge is 2.33. The van der Waals surface area contributed by atoms with E-state index in [2.05, 4.69) is 16.9 Å². The average molecular weight is 347 g/mol. The van der Waals surface area contributed by atoms with Gasteiger partial charge in [0.05, 0.1) is 16.7 Å². The van der Waals surface area contributed by atoms with E-state index in [1.807, 2.05) is 47.3 Å². The van der Waals surface area contributed by atoms with E-state index in [9.17, 15) is 8.42 Å². The fraction of sp³-hybridized carbons (Fsp3) is 0.500. The smallest absolute Gasteiger partial charge is 0.158 e. The summed E-state index contributed by atoms with van der Waals surface area (Å²) in [5, 5.41) is 4.28. The summed E-state index contributed by atoms with van der Waals surface area (Å²) < 4.78 is 27.2. The molecule has 1 fully saturated rings. The Morgan fingerprint density at radius 1 is 1.21 bits per heavy atom. The van der Waals surface area contributed by atoms with Crippen LogP contribution >= 0.6 is 0 Å². The molecule has 0 N–H and O–H groups in total. The molecule has 0 spiro atoms. The van der Waals surface area contributed by atoms with E-state index >= 15 is 0 Å². The Bertz CT molecular complexity index is 756. The van der Waals surface area contributed by atoms with Crippen LogP contribution in [0.15, 0.2) is 42.6 Å². The molecule has 1 aromatic heterocycles.